The fraction of sp³-hybridized carbons (Fsp3) is 0.294. The Morgan fingerprint density at radius 3 is 2.43 bits per heavy atom. The number of rotatable bonds is 5. The Bertz CT molecular complexity index is 692. The van der Waals surface area contributed by atoms with Gasteiger partial charge >= 0.3 is 0 Å². The fourth-order valence-corrected chi connectivity index (χ4v) is 3.15. The number of thiophene rings is 1. The van der Waals surface area contributed by atoms with Crippen LogP contribution in [0.1, 0.15) is 32.6 Å². The van der Waals surface area contributed by atoms with Gasteiger partial charge in [0.05, 0.1) is 18.4 Å². The standard InChI is InChI=1S/C17H20N2O3S/c1-4-14-11(2)9-15(23-14)17(21)19-18-16(20)10-12-5-7-13(22-3)8-6-12/h5-9H,4,10H2,1-3H3,(H,18,20)(H,19,21). The van der Waals surface area contributed by atoms with E-state index >= 15 is 0 Å². The largest absolute Gasteiger partial charge is 0.497 e. The molecule has 0 atom stereocenters. The quantitative estimate of drug-likeness (QED) is 0.827. The predicted molar refractivity (Wildman–Crippen MR) is 90.7 cm³/mol. The van der Waals surface area contributed by atoms with Gasteiger partial charge in [0, 0.05) is 4.88 Å². The third-order valence-corrected chi connectivity index (χ3v) is 4.78. The molecule has 1 aromatic carbocycles. The van der Waals surface area contributed by atoms with E-state index in [-0.39, 0.29) is 18.2 Å². The highest BCUT2D eigenvalue weighted by Gasteiger charge is 2.12. The molecule has 2 rings (SSSR count). The maximum atomic E-state index is 12.0. The molecule has 0 aliphatic heterocycles. The summed E-state index contributed by atoms with van der Waals surface area (Å²) in [5.41, 5.74) is 6.84. The van der Waals surface area contributed by atoms with Gasteiger partial charge in [-0.3, -0.25) is 20.4 Å². The lowest BCUT2D eigenvalue weighted by Crippen LogP contribution is -2.42. The zero-order valence-electron chi connectivity index (χ0n) is 13.4. The first-order valence-corrected chi connectivity index (χ1v) is 8.16. The summed E-state index contributed by atoms with van der Waals surface area (Å²) >= 11 is 1.45. The van der Waals surface area contributed by atoms with E-state index in [0.29, 0.717) is 4.88 Å². The first kappa shape index (κ1) is 17.0. The molecule has 0 fully saturated rings. The van der Waals surface area contributed by atoms with Crippen molar-refractivity contribution < 1.29 is 14.3 Å². The van der Waals surface area contributed by atoms with E-state index in [0.717, 1.165) is 23.3 Å². The normalized spacial score (nSPS) is 10.2. The second-order valence-electron chi connectivity index (χ2n) is 5.10. The summed E-state index contributed by atoms with van der Waals surface area (Å²) in [4.78, 5) is 25.7. The highest BCUT2D eigenvalue weighted by molar-refractivity contribution is 7.14. The van der Waals surface area contributed by atoms with Gasteiger partial charge in [0.15, 0.2) is 0 Å². The SMILES string of the molecule is CCc1sc(C(=O)NNC(=O)Cc2ccc(OC)cc2)cc1C. The van der Waals surface area contributed by atoms with Crippen LogP contribution in [-0.2, 0) is 17.6 Å². The van der Waals surface area contributed by atoms with Crippen LogP contribution in [0.15, 0.2) is 30.3 Å². The molecule has 6 heteroatoms. The lowest BCUT2D eigenvalue weighted by Gasteiger charge is -2.07. The zero-order valence-corrected chi connectivity index (χ0v) is 14.3. The van der Waals surface area contributed by atoms with E-state index in [9.17, 15) is 9.59 Å². The average Bonchev–Trinajstić information content (AvgIpc) is 2.94. The van der Waals surface area contributed by atoms with Gasteiger partial charge in [0.2, 0.25) is 5.91 Å². The summed E-state index contributed by atoms with van der Waals surface area (Å²) in [5.74, 6) is 0.177. The van der Waals surface area contributed by atoms with Crippen LogP contribution in [0.5, 0.6) is 5.75 Å². The van der Waals surface area contributed by atoms with Crippen LogP contribution in [-0.4, -0.2) is 18.9 Å². The highest BCUT2D eigenvalue weighted by atomic mass is 32.1. The molecule has 0 bridgehead atoms. The highest BCUT2D eigenvalue weighted by Crippen LogP contribution is 2.22. The lowest BCUT2D eigenvalue weighted by atomic mass is 10.1. The number of benzene rings is 1. The number of hydrogen-bond donors (Lipinski definition) is 2. The van der Waals surface area contributed by atoms with Crippen molar-refractivity contribution in [3.8, 4) is 5.75 Å². The molecular formula is C17H20N2O3S. The Morgan fingerprint density at radius 2 is 1.87 bits per heavy atom. The van der Waals surface area contributed by atoms with E-state index in [1.165, 1.54) is 16.2 Å². The Labute approximate surface area is 139 Å². The molecule has 0 unspecified atom stereocenters. The maximum absolute atomic E-state index is 12.0. The van der Waals surface area contributed by atoms with Crippen LogP contribution >= 0.6 is 11.3 Å². The van der Waals surface area contributed by atoms with Gasteiger partial charge in [-0.05, 0) is 42.7 Å². The van der Waals surface area contributed by atoms with Crippen molar-refractivity contribution in [2.24, 2.45) is 0 Å². The number of amides is 2. The minimum atomic E-state index is -0.291. The number of nitrogens with one attached hydrogen (secondary N) is 2. The van der Waals surface area contributed by atoms with Crippen LogP contribution in [0.25, 0.3) is 0 Å². The van der Waals surface area contributed by atoms with Crippen LogP contribution in [0.3, 0.4) is 0 Å². The van der Waals surface area contributed by atoms with Crippen molar-refractivity contribution in [3.05, 3.63) is 51.2 Å². The van der Waals surface area contributed by atoms with Crippen LogP contribution in [0.4, 0.5) is 0 Å². The van der Waals surface area contributed by atoms with Gasteiger partial charge in [-0.25, -0.2) is 0 Å². The fourth-order valence-electron chi connectivity index (χ4n) is 2.14. The summed E-state index contributed by atoms with van der Waals surface area (Å²) in [7, 11) is 1.59. The summed E-state index contributed by atoms with van der Waals surface area (Å²) in [6.07, 6.45) is 1.08. The Hall–Kier alpha value is -2.34. The summed E-state index contributed by atoms with van der Waals surface area (Å²) in [6.45, 7) is 4.03. The van der Waals surface area contributed by atoms with Gasteiger partial charge in [-0.1, -0.05) is 19.1 Å². The molecule has 0 aliphatic carbocycles. The average molecular weight is 332 g/mol. The first-order valence-electron chi connectivity index (χ1n) is 7.35. The molecule has 2 amide bonds. The van der Waals surface area contributed by atoms with E-state index < -0.39 is 0 Å². The molecule has 1 heterocycles. The van der Waals surface area contributed by atoms with Gasteiger partial charge < -0.3 is 4.74 Å². The van der Waals surface area contributed by atoms with Crippen LogP contribution in [0.2, 0.25) is 0 Å². The van der Waals surface area contributed by atoms with Crippen molar-refractivity contribution >= 4 is 23.2 Å². The molecule has 0 saturated heterocycles. The van der Waals surface area contributed by atoms with Crippen molar-refractivity contribution in [1.29, 1.82) is 0 Å². The van der Waals surface area contributed by atoms with E-state index in [1.807, 2.05) is 25.1 Å². The smallest absolute Gasteiger partial charge is 0.279 e. The molecule has 0 saturated carbocycles. The lowest BCUT2D eigenvalue weighted by molar-refractivity contribution is -0.121. The first-order chi connectivity index (χ1) is 11.0. The zero-order chi connectivity index (χ0) is 16.8. The summed E-state index contributed by atoms with van der Waals surface area (Å²) in [5, 5.41) is 0. The Morgan fingerprint density at radius 1 is 1.17 bits per heavy atom. The van der Waals surface area contributed by atoms with Gasteiger partial charge in [-0.2, -0.15) is 0 Å². The number of ether oxygens (including phenoxy) is 1. The second kappa shape index (κ2) is 7.78. The number of hydrazine groups is 1. The molecule has 2 aromatic rings. The van der Waals surface area contributed by atoms with Gasteiger partial charge in [0.1, 0.15) is 5.75 Å². The third-order valence-electron chi connectivity index (χ3n) is 3.40. The van der Waals surface area contributed by atoms with E-state index in [1.54, 1.807) is 19.2 Å². The molecule has 2 N–H and O–H groups in total. The minimum absolute atomic E-state index is 0.188. The van der Waals surface area contributed by atoms with Crippen molar-refractivity contribution in [2.45, 2.75) is 26.7 Å². The molecule has 23 heavy (non-hydrogen) atoms. The van der Waals surface area contributed by atoms with Crippen LogP contribution in [0, 0.1) is 6.92 Å². The predicted octanol–water partition coefficient (Wildman–Crippen LogP) is 2.63. The third kappa shape index (κ3) is 4.56. The molecule has 0 radical (unpaired) electrons. The number of carbonyl (C=O) groups is 2. The number of methoxy groups -OCH3 is 1. The Balaban J connectivity index is 1.86. The molecule has 5 nitrogen and oxygen atoms in total. The molecule has 0 aliphatic rings. The summed E-state index contributed by atoms with van der Waals surface area (Å²) in [6, 6.07) is 9.06. The van der Waals surface area contributed by atoms with E-state index in [2.05, 4.69) is 17.8 Å². The minimum Gasteiger partial charge on any atom is -0.497 e. The molecule has 0 spiro atoms. The molecule has 1 aromatic heterocycles. The van der Waals surface area contributed by atoms with Crippen molar-refractivity contribution in [3.63, 3.8) is 0 Å². The monoisotopic (exact) mass is 332 g/mol. The Kier molecular flexibility index (Phi) is 5.76. The summed E-state index contributed by atoms with van der Waals surface area (Å²) < 4.78 is 5.07. The van der Waals surface area contributed by atoms with E-state index in [4.69, 9.17) is 4.74 Å². The number of carbonyl (C=O) groups excluding carboxylic acids is 2. The number of hydrogen-bond acceptors (Lipinski definition) is 4. The second-order valence-corrected chi connectivity index (χ2v) is 6.23. The van der Waals surface area contributed by atoms with Crippen molar-refractivity contribution in [1.82, 2.24) is 10.9 Å². The number of aryl methyl sites for hydroxylation is 2. The van der Waals surface area contributed by atoms with Crippen molar-refractivity contribution in [2.75, 3.05) is 7.11 Å². The topological polar surface area (TPSA) is 67.4 Å². The van der Waals surface area contributed by atoms with Gasteiger partial charge in [0.25, 0.3) is 5.91 Å². The van der Waals surface area contributed by atoms with Gasteiger partial charge in [-0.15, -0.1) is 11.3 Å². The maximum Gasteiger partial charge on any atom is 0.279 e. The van der Waals surface area contributed by atoms with Crippen LogP contribution < -0.4 is 15.6 Å². The molecule has 122 valence electrons. The molecular weight excluding hydrogens is 312 g/mol.